The summed E-state index contributed by atoms with van der Waals surface area (Å²) in [5, 5.41) is 10.0. The summed E-state index contributed by atoms with van der Waals surface area (Å²) in [4.78, 5) is 34.9. The number of piperazine rings is 1. The molecule has 40 heavy (non-hydrogen) atoms. The Bertz CT molecular complexity index is 1400. The van der Waals surface area contributed by atoms with E-state index in [4.69, 9.17) is 5.11 Å². The molecule has 5 rings (SSSR count). The highest BCUT2D eigenvalue weighted by Gasteiger charge is 2.39. The molecule has 0 saturated carbocycles. The van der Waals surface area contributed by atoms with Crippen LogP contribution in [0.3, 0.4) is 0 Å². The number of rotatable bonds is 7. The molecule has 1 saturated heterocycles. The lowest BCUT2D eigenvalue weighted by Gasteiger charge is -2.40. The Hall–Kier alpha value is -3.64. The third-order valence-corrected chi connectivity index (χ3v) is 7.56. The maximum atomic E-state index is 13.5. The van der Waals surface area contributed by atoms with E-state index in [1.54, 1.807) is 18.3 Å². The molecule has 4 heterocycles. The second-order valence-corrected chi connectivity index (χ2v) is 11.1. The third kappa shape index (κ3) is 6.07. The Morgan fingerprint density at radius 2 is 1.68 bits per heavy atom. The van der Waals surface area contributed by atoms with Gasteiger partial charge < -0.3 is 19.3 Å². The van der Waals surface area contributed by atoms with Crippen LogP contribution >= 0.6 is 0 Å². The smallest absolute Gasteiger partial charge is 0.480 e. The van der Waals surface area contributed by atoms with E-state index in [9.17, 15) is 22.8 Å². The average Bonchev–Trinajstić information content (AvgIpc) is 3.19. The van der Waals surface area contributed by atoms with Gasteiger partial charge in [0.05, 0.1) is 19.6 Å². The Labute approximate surface area is 229 Å². The summed E-state index contributed by atoms with van der Waals surface area (Å²) in [6.45, 7) is 8.22. The number of carboxylic acid groups (broad SMARTS) is 1. The molecular weight excluding hydrogens is 527 g/mol. The van der Waals surface area contributed by atoms with Crippen molar-refractivity contribution in [3.63, 3.8) is 0 Å². The number of carbonyl (C=O) groups excluding carboxylic acids is 1. The summed E-state index contributed by atoms with van der Waals surface area (Å²) in [7, 11) is 0. The maximum absolute atomic E-state index is 13.5. The zero-order valence-corrected chi connectivity index (χ0v) is 22.4. The van der Waals surface area contributed by atoms with Crippen molar-refractivity contribution >= 4 is 22.9 Å². The first-order valence-electron chi connectivity index (χ1n) is 13.2. The van der Waals surface area contributed by atoms with Crippen LogP contribution < -0.4 is 4.74 Å². The number of carboxylic acids is 1. The molecule has 2 aliphatic rings. The number of hydrogen-bond donors (Lipinski definition) is 1. The van der Waals surface area contributed by atoms with E-state index in [1.165, 1.54) is 12.1 Å². The van der Waals surface area contributed by atoms with Gasteiger partial charge >= 0.3 is 12.3 Å². The SMILES string of the molecule is CC1(C)CN(C(=O)CN2CCN(CC(=O)O)CC2)Cc2c1c1cccnc1n2Cc1ccc(OC(F)(F)F)cc1. The van der Waals surface area contributed by atoms with Gasteiger partial charge in [-0.15, -0.1) is 13.2 Å². The minimum atomic E-state index is -4.76. The molecule has 0 bridgehead atoms. The predicted molar refractivity (Wildman–Crippen MR) is 141 cm³/mol. The van der Waals surface area contributed by atoms with Crippen LogP contribution in [0, 0.1) is 0 Å². The molecule has 0 aliphatic carbocycles. The topological polar surface area (TPSA) is 91.1 Å². The number of hydrogen-bond acceptors (Lipinski definition) is 6. The second-order valence-electron chi connectivity index (χ2n) is 11.1. The fraction of sp³-hybridized carbons (Fsp3) is 0.464. The molecule has 1 N–H and O–H groups in total. The largest absolute Gasteiger partial charge is 0.573 e. The van der Waals surface area contributed by atoms with Gasteiger partial charge in [-0.3, -0.25) is 19.4 Å². The molecule has 1 amide bonds. The molecule has 12 heteroatoms. The highest BCUT2D eigenvalue weighted by Crippen LogP contribution is 2.40. The van der Waals surface area contributed by atoms with Crippen LogP contribution in [0.5, 0.6) is 5.75 Å². The van der Waals surface area contributed by atoms with Gasteiger partial charge in [0.1, 0.15) is 11.4 Å². The van der Waals surface area contributed by atoms with E-state index < -0.39 is 12.3 Å². The van der Waals surface area contributed by atoms with Crippen molar-refractivity contribution in [2.24, 2.45) is 0 Å². The summed E-state index contributed by atoms with van der Waals surface area (Å²) >= 11 is 0. The number of benzene rings is 1. The highest BCUT2D eigenvalue weighted by atomic mass is 19.4. The van der Waals surface area contributed by atoms with Crippen molar-refractivity contribution in [3.05, 3.63) is 59.4 Å². The van der Waals surface area contributed by atoms with Gasteiger partial charge in [0.25, 0.3) is 0 Å². The highest BCUT2D eigenvalue weighted by molar-refractivity contribution is 5.85. The fourth-order valence-corrected chi connectivity index (χ4v) is 5.85. The number of pyridine rings is 1. The third-order valence-electron chi connectivity index (χ3n) is 7.56. The van der Waals surface area contributed by atoms with Crippen molar-refractivity contribution in [1.29, 1.82) is 0 Å². The van der Waals surface area contributed by atoms with Crippen LogP contribution in [0.1, 0.15) is 30.7 Å². The van der Waals surface area contributed by atoms with Crippen molar-refractivity contribution in [2.45, 2.75) is 38.7 Å². The molecule has 0 spiro atoms. The number of nitrogens with zero attached hydrogens (tertiary/aromatic N) is 5. The molecule has 2 aliphatic heterocycles. The first-order chi connectivity index (χ1) is 18.9. The van der Waals surface area contributed by atoms with Gasteiger partial charge in [0.15, 0.2) is 0 Å². The van der Waals surface area contributed by atoms with Crippen molar-refractivity contribution < 1.29 is 32.6 Å². The van der Waals surface area contributed by atoms with E-state index in [-0.39, 0.29) is 30.2 Å². The Balaban J connectivity index is 1.37. The first kappa shape index (κ1) is 27.9. The van der Waals surface area contributed by atoms with E-state index in [1.807, 2.05) is 21.9 Å². The number of fused-ring (bicyclic) bond motifs is 3. The van der Waals surface area contributed by atoms with Gasteiger partial charge in [-0.2, -0.15) is 0 Å². The summed E-state index contributed by atoms with van der Waals surface area (Å²) in [5.41, 5.74) is 3.26. The van der Waals surface area contributed by atoms with Crippen molar-refractivity contribution in [1.82, 2.24) is 24.3 Å². The van der Waals surface area contributed by atoms with E-state index in [2.05, 4.69) is 33.0 Å². The van der Waals surface area contributed by atoms with Crippen molar-refractivity contribution in [3.8, 4) is 5.75 Å². The molecule has 0 unspecified atom stereocenters. The van der Waals surface area contributed by atoms with Crippen LogP contribution in [0.15, 0.2) is 42.6 Å². The number of aliphatic carboxylic acids is 1. The standard InChI is InChI=1S/C28H32F3N5O4/c1-27(2)18-35(23(37)16-33-10-12-34(13-11-33)17-24(38)39)15-22-25(27)21-4-3-9-32-26(21)36(22)14-19-5-7-20(8-6-19)40-28(29,30)31/h3-9H,10-18H2,1-2H3,(H,38,39). The van der Waals surface area contributed by atoms with Gasteiger partial charge in [-0.1, -0.05) is 26.0 Å². The molecule has 3 aromatic rings. The molecule has 9 nitrogen and oxygen atoms in total. The number of halogens is 3. The van der Waals surface area contributed by atoms with Gasteiger partial charge in [0, 0.05) is 62.0 Å². The van der Waals surface area contributed by atoms with Crippen molar-refractivity contribution in [2.75, 3.05) is 45.8 Å². The summed E-state index contributed by atoms with van der Waals surface area (Å²) < 4.78 is 43.9. The summed E-state index contributed by atoms with van der Waals surface area (Å²) in [5.74, 6) is -1.13. The molecule has 214 valence electrons. The lowest BCUT2D eigenvalue weighted by molar-refractivity contribution is -0.274. The summed E-state index contributed by atoms with van der Waals surface area (Å²) in [6, 6.07) is 9.70. The Kier molecular flexibility index (Phi) is 7.49. The van der Waals surface area contributed by atoms with E-state index in [0.717, 1.165) is 27.9 Å². The average molecular weight is 560 g/mol. The number of amides is 1. The number of ether oxygens (including phenoxy) is 1. The zero-order chi connectivity index (χ0) is 28.7. The van der Waals surface area contributed by atoms with Gasteiger partial charge in [-0.25, -0.2) is 4.98 Å². The minimum absolute atomic E-state index is 0.00153. The molecule has 1 fully saturated rings. The van der Waals surface area contributed by atoms with E-state index >= 15 is 0 Å². The van der Waals surface area contributed by atoms with Gasteiger partial charge in [-0.05, 0) is 35.4 Å². The number of aromatic nitrogens is 2. The van der Waals surface area contributed by atoms with Crippen LogP contribution in [-0.4, -0.2) is 93.4 Å². The summed E-state index contributed by atoms with van der Waals surface area (Å²) in [6.07, 6.45) is -3.04. The van der Waals surface area contributed by atoms with Crippen LogP contribution in [0.4, 0.5) is 13.2 Å². The quantitative estimate of drug-likeness (QED) is 0.475. The van der Waals surface area contributed by atoms with Crippen LogP contribution in [0.2, 0.25) is 0 Å². The zero-order valence-electron chi connectivity index (χ0n) is 22.4. The number of carbonyl (C=O) groups is 2. The van der Waals surface area contributed by atoms with Crippen LogP contribution in [-0.2, 0) is 28.1 Å². The molecule has 0 atom stereocenters. The second kappa shape index (κ2) is 10.7. The molecular formula is C28H32F3N5O4. The normalized spacial score (nSPS) is 18.1. The first-order valence-corrected chi connectivity index (χ1v) is 13.2. The molecule has 2 aromatic heterocycles. The Morgan fingerprint density at radius 3 is 2.30 bits per heavy atom. The Morgan fingerprint density at radius 1 is 1.02 bits per heavy atom. The number of alkyl halides is 3. The van der Waals surface area contributed by atoms with Gasteiger partial charge in [0.2, 0.25) is 5.91 Å². The lowest BCUT2D eigenvalue weighted by Crippen LogP contribution is -2.53. The minimum Gasteiger partial charge on any atom is -0.480 e. The lowest BCUT2D eigenvalue weighted by atomic mass is 9.79. The predicted octanol–water partition coefficient (Wildman–Crippen LogP) is 3.31. The molecule has 0 radical (unpaired) electrons. The van der Waals surface area contributed by atoms with E-state index in [0.29, 0.717) is 45.8 Å². The maximum Gasteiger partial charge on any atom is 0.573 e. The fourth-order valence-electron chi connectivity index (χ4n) is 5.85. The van der Waals surface area contributed by atoms with Crippen LogP contribution in [0.25, 0.3) is 11.0 Å². The molecule has 1 aromatic carbocycles. The monoisotopic (exact) mass is 559 g/mol.